The van der Waals surface area contributed by atoms with Crippen molar-refractivity contribution in [3.8, 4) is 11.1 Å². The van der Waals surface area contributed by atoms with Crippen LogP contribution in [0, 0.1) is 11.6 Å². The summed E-state index contributed by atoms with van der Waals surface area (Å²) in [5.74, 6) is -1.45. The number of pyridine rings is 2. The Morgan fingerprint density at radius 1 is 0.833 bits per heavy atom. The van der Waals surface area contributed by atoms with Crippen LogP contribution in [0.4, 0.5) is 8.78 Å². The Morgan fingerprint density at radius 2 is 1.60 bits per heavy atom. The second-order valence-electron chi connectivity index (χ2n) is 6.88. The summed E-state index contributed by atoms with van der Waals surface area (Å²) in [5.41, 5.74) is 1.58. The minimum atomic E-state index is -0.727. The van der Waals surface area contributed by atoms with Crippen LogP contribution >= 0.6 is 0 Å². The summed E-state index contributed by atoms with van der Waals surface area (Å²) in [4.78, 5) is 25.0. The Labute approximate surface area is 169 Å². The maximum Gasteiger partial charge on any atom is 0.263 e. The zero-order valence-corrected chi connectivity index (χ0v) is 15.6. The highest BCUT2D eigenvalue weighted by Gasteiger charge is 2.15. The van der Waals surface area contributed by atoms with Gasteiger partial charge >= 0.3 is 0 Å². The molecule has 0 unspecified atom stereocenters. The van der Waals surface area contributed by atoms with Crippen molar-refractivity contribution in [1.29, 1.82) is 0 Å². The van der Waals surface area contributed by atoms with Crippen LogP contribution in [0.2, 0.25) is 0 Å². The summed E-state index contributed by atoms with van der Waals surface area (Å²) in [7, 11) is 0. The van der Waals surface area contributed by atoms with E-state index in [9.17, 15) is 13.6 Å². The molecule has 0 aliphatic heterocycles. The molecule has 0 fully saturated rings. The molecule has 5 nitrogen and oxygen atoms in total. The number of hydrogen-bond donors (Lipinski definition) is 0. The molecule has 5 aromatic rings. The molecule has 30 heavy (non-hydrogen) atoms. The Bertz CT molecular complexity index is 1460. The van der Waals surface area contributed by atoms with Gasteiger partial charge in [0.1, 0.15) is 18.0 Å². The van der Waals surface area contributed by atoms with Gasteiger partial charge in [-0.2, -0.15) is 0 Å². The summed E-state index contributed by atoms with van der Waals surface area (Å²) in [6, 6.07) is 14.9. The van der Waals surface area contributed by atoms with Gasteiger partial charge in [-0.05, 0) is 53.6 Å². The first kappa shape index (κ1) is 18.1. The predicted molar refractivity (Wildman–Crippen MR) is 110 cm³/mol. The molecule has 2 aromatic carbocycles. The van der Waals surface area contributed by atoms with Gasteiger partial charge in [-0.1, -0.05) is 12.1 Å². The van der Waals surface area contributed by atoms with E-state index in [2.05, 4.69) is 15.0 Å². The fourth-order valence-corrected chi connectivity index (χ4v) is 3.46. The number of hydrogen-bond acceptors (Lipinski definition) is 4. The number of fused-ring (bicyclic) bond motifs is 2. The molecule has 5 rings (SSSR count). The quantitative estimate of drug-likeness (QED) is 0.452. The van der Waals surface area contributed by atoms with Crippen molar-refractivity contribution >= 4 is 21.9 Å². The highest BCUT2D eigenvalue weighted by molar-refractivity contribution is 5.84. The third-order valence-electron chi connectivity index (χ3n) is 5.00. The summed E-state index contributed by atoms with van der Waals surface area (Å²) >= 11 is 0. The van der Waals surface area contributed by atoms with E-state index in [4.69, 9.17) is 0 Å². The van der Waals surface area contributed by atoms with E-state index >= 15 is 0 Å². The molecule has 0 saturated carbocycles. The Hall–Kier alpha value is -4.00. The van der Waals surface area contributed by atoms with Crippen molar-refractivity contribution in [3.05, 3.63) is 101 Å². The number of rotatable bonds is 3. The van der Waals surface area contributed by atoms with Crippen LogP contribution in [0.3, 0.4) is 0 Å². The van der Waals surface area contributed by atoms with Crippen LogP contribution in [0.1, 0.15) is 5.56 Å². The Morgan fingerprint density at radius 3 is 2.43 bits per heavy atom. The van der Waals surface area contributed by atoms with Crippen LogP contribution in [0.15, 0.2) is 78.1 Å². The normalized spacial score (nSPS) is 11.3. The summed E-state index contributed by atoms with van der Waals surface area (Å²) in [6.07, 6.45) is 4.47. The lowest BCUT2D eigenvalue weighted by molar-refractivity contribution is 0.541. The van der Waals surface area contributed by atoms with E-state index in [1.165, 1.54) is 29.2 Å². The topological polar surface area (TPSA) is 60.7 Å². The van der Waals surface area contributed by atoms with E-state index in [-0.39, 0.29) is 12.1 Å². The average Bonchev–Trinajstić information content (AvgIpc) is 2.77. The van der Waals surface area contributed by atoms with Gasteiger partial charge in [0.05, 0.1) is 17.4 Å². The molecule has 3 heterocycles. The zero-order valence-electron chi connectivity index (χ0n) is 15.6. The third-order valence-corrected chi connectivity index (χ3v) is 5.00. The molecule has 0 N–H and O–H groups in total. The first-order valence-corrected chi connectivity index (χ1v) is 9.23. The molecule has 0 radical (unpaired) electrons. The SMILES string of the molecule is O=c1c2cccnc2ncn1Cc1c(F)cc(-c2ccc3ncccc3c2)cc1F. The molecule has 0 saturated heterocycles. The van der Waals surface area contributed by atoms with Crippen molar-refractivity contribution in [2.75, 3.05) is 0 Å². The lowest BCUT2D eigenvalue weighted by atomic mass is 10.0. The molecule has 0 aliphatic carbocycles. The second kappa shape index (κ2) is 7.11. The van der Waals surface area contributed by atoms with Crippen LogP contribution in [0.25, 0.3) is 33.1 Å². The molecule has 0 aliphatic rings. The number of benzene rings is 2. The fourth-order valence-electron chi connectivity index (χ4n) is 3.46. The molecule has 0 bridgehead atoms. The summed E-state index contributed by atoms with van der Waals surface area (Å²) < 4.78 is 30.9. The van der Waals surface area contributed by atoms with Gasteiger partial charge in [0.15, 0.2) is 5.65 Å². The van der Waals surface area contributed by atoms with Gasteiger partial charge in [-0.15, -0.1) is 0 Å². The van der Waals surface area contributed by atoms with Gasteiger partial charge in [-0.25, -0.2) is 18.7 Å². The Kier molecular flexibility index (Phi) is 4.28. The van der Waals surface area contributed by atoms with E-state index < -0.39 is 17.2 Å². The average molecular weight is 400 g/mol. The standard InChI is InChI=1S/C23H14F2N4O/c24-19-10-16(14-5-6-21-15(9-14)3-1-7-26-21)11-20(25)18(19)12-29-13-28-22-17(23(29)30)4-2-8-27-22/h1-11,13H,12H2. The lowest BCUT2D eigenvalue weighted by Gasteiger charge is -2.11. The monoisotopic (exact) mass is 400 g/mol. The smallest absolute Gasteiger partial charge is 0.263 e. The summed E-state index contributed by atoms with van der Waals surface area (Å²) in [6.45, 7) is -0.268. The molecule has 146 valence electrons. The molecule has 0 spiro atoms. The van der Waals surface area contributed by atoms with Crippen LogP contribution in [-0.4, -0.2) is 19.5 Å². The van der Waals surface area contributed by atoms with Gasteiger partial charge < -0.3 is 0 Å². The molecule has 3 aromatic heterocycles. The first-order chi connectivity index (χ1) is 14.6. The van der Waals surface area contributed by atoms with Gasteiger partial charge in [0, 0.05) is 23.3 Å². The van der Waals surface area contributed by atoms with Crippen molar-refractivity contribution in [1.82, 2.24) is 19.5 Å². The maximum absolute atomic E-state index is 14.8. The fraction of sp³-hybridized carbons (Fsp3) is 0.0435. The largest absolute Gasteiger partial charge is 0.294 e. The van der Waals surface area contributed by atoms with Crippen molar-refractivity contribution in [2.24, 2.45) is 0 Å². The van der Waals surface area contributed by atoms with Crippen LogP contribution in [0.5, 0.6) is 0 Å². The zero-order chi connectivity index (χ0) is 20.7. The van der Waals surface area contributed by atoms with Gasteiger partial charge in [-0.3, -0.25) is 14.3 Å². The second-order valence-corrected chi connectivity index (χ2v) is 6.88. The summed E-state index contributed by atoms with van der Waals surface area (Å²) in [5, 5.41) is 1.17. The van der Waals surface area contributed by atoms with Crippen molar-refractivity contribution in [3.63, 3.8) is 0 Å². The highest BCUT2D eigenvalue weighted by Crippen LogP contribution is 2.27. The Balaban J connectivity index is 1.54. The third kappa shape index (κ3) is 3.10. The maximum atomic E-state index is 14.8. The molecule has 0 amide bonds. The predicted octanol–water partition coefficient (Wildman–Crippen LogP) is 4.33. The van der Waals surface area contributed by atoms with Crippen LogP contribution < -0.4 is 5.56 Å². The van der Waals surface area contributed by atoms with Crippen molar-refractivity contribution in [2.45, 2.75) is 6.54 Å². The minimum absolute atomic E-state index is 0.201. The van der Waals surface area contributed by atoms with Crippen molar-refractivity contribution < 1.29 is 8.78 Å². The van der Waals surface area contributed by atoms with Gasteiger partial charge in [0.2, 0.25) is 0 Å². The number of nitrogens with zero attached hydrogens (tertiary/aromatic N) is 4. The first-order valence-electron chi connectivity index (χ1n) is 9.23. The molecular formula is C23H14F2N4O. The number of halogens is 2. The number of aromatic nitrogens is 4. The highest BCUT2D eigenvalue weighted by atomic mass is 19.1. The van der Waals surface area contributed by atoms with Gasteiger partial charge in [0.25, 0.3) is 5.56 Å². The van der Waals surface area contributed by atoms with E-state index in [0.717, 1.165) is 10.9 Å². The van der Waals surface area contributed by atoms with E-state index in [1.807, 2.05) is 18.2 Å². The molecule has 0 atom stereocenters. The van der Waals surface area contributed by atoms with Crippen LogP contribution in [-0.2, 0) is 6.54 Å². The minimum Gasteiger partial charge on any atom is -0.294 e. The van der Waals surface area contributed by atoms with E-state index in [0.29, 0.717) is 22.2 Å². The van der Waals surface area contributed by atoms with E-state index in [1.54, 1.807) is 30.5 Å². The molecule has 7 heteroatoms. The lowest BCUT2D eigenvalue weighted by Crippen LogP contribution is -2.22. The molecular weight excluding hydrogens is 386 g/mol.